The average Bonchev–Trinajstić information content (AvgIpc) is 2.67. The Balaban J connectivity index is 2.49. The maximum absolute atomic E-state index is 11.0. The Bertz CT molecular complexity index is 437. The second-order valence-corrected chi connectivity index (χ2v) is 4.88. The SMILES string of the molecule is CC(C)c1nc(C(N)C(=O)O)c2n1CCCC2. The molecule has 17 heavy (non-hydrogen) atoms. The molecule has 94 valence electrons. The van der Waals surface area contributed by atoms with Gasteiger partial charge in [0.1, 0.15) is 11.9 Å². The lowest BCUT2D eigenvalue weighted by Gasteiger charge is -2.19. The van der Waals surface area contributed by atoms with Gasteiger partial charge in [-0.15, -0.1) is 0 Å². The van der Waals surface area contributed by atoms with Crippen LogP contribution in [0, 0.1) is 0 Å². The number of aliphatic carboxylic acids is 1. The van der Waals surface area contributed by atoms with Crippen LogP contribution in [0.15, 0.2) is 0 Å². The van der Waals surface area contributed by atoms with Crippen LogP contribution in [0.4, 0.5) is 0 Å². The van der Waals surface area contributed by atoms with Crippen LogP contribution in [0.1, 0.15) is 55.9 Å². The van der Waals surface area contributed by atoms with E-state index in [-0.39, 0.29) is 0 Å². The van der Waals surface area contributed by atoms with Gasteiger partial charge in [-0.25, -0.2) is 4.98 Å². The smallest absolute Gasteiger partial charge is 0.326 e. The fourth-order valence-corrected chi connectivity index (χ4v) is 2.41. The molecule has 0 saturated heterocycles. The first-order valence-electron chi connectivity index (χ1n) is 6.10. The van der Waals surface area contributed by atoms with Crippen LogP contribution in [0.3, 0.4) is 0 Å². The van der Waals surface area contributed by atoms with E-state index < -0.39 is 12.0 Å². The third-order valence-electron chi connectivity index (χ3n) is 3.26. The highest BCUT2D eigenvalue weighted by molar-refractivity contribution is 5.75. The van der Waals surface area contributed by atoms with Gasteiger partial charge >= 0.3 is 5.97 Å². The maximum atomic E-state index is 11.0. The highest BCUT2D eigenvalue weighted by Crippen LogP contribution is 2.27. The first-order chi connectivity index (χ1) is 8.02. The summed E-state index contributed by atoms with van der Waals surface area (Å²) < 4.78 is 2.16. The number of carboxylic acids is 1. The van der Waals surface area contributed by atoms with E-state index >= 15 is 0 Å². The van der Waals surface area contributed by atoms with Gasteiger partial charge in [-0.3, -0.25) is 4.79 Å². The zero-order valence-electron chi connectivity index (χ0n) is 10.3. The van der Waals surface area contributed by atoms with E-state index in [0.29, 0.717) is 11.6 Å². The molecule has 5 heteroatoms. The standard InChI is InChI=1S/C12H19N3O2/c1-7(2)11-14-10(9(13)12(16)17)8-5-3-4-6-15(8)11/h7,9H,3-6,13H2,1-2H3,(H,16,17). The zero-order valence-corrected chi connectivity index (χ0v) is 10.3. The third kappa shape index (κ3) is 2.07. The minimum absolute atomic E-state index is 0.293. The summed E-state index contributed by atoms with van der Waals surface area (Å²) >= 11 is 0. The van der Waals surface area contributed by atoms with Gasteiger partial charge in [0.25, 0.3) is 0 Å². The van der Waals surface area contributed by atoms with Gasteiger partial charge in [0.15, 0.2) is 0 Å². The lowest BCUT2D eigenvalue weighted by Crippen LogP contribution is -2.23. The number of fused-ring (bicyclic) bond motifs is 1. The van der Waals surface area contributed by atoms with E-state index in [4.69, 9.17) is 10.8 Å². The van der Waals surface area contributed by atoms with Crippen molar-refractivity contribution in [2.75, 3.05) is 0 Å². The molecule has 0 fully saturated rings. The van der Waals surface area contributed by atoms with Gasteiger partial charge in [0, 0.05) is 18.2 Å². The van der Waals surface area contributed by atoms with Gasteiger partial charge in [-0.1, -0.05) is 13.8 Å². The maximum Gasteiger partial charge on any atom is 0.326 e. The summed E-state index contributed by atoms with van der Waals surface area (Å²) in [4.78, 5) is 15.5. The second-order valence-electron chi connectivity index (χ2n) is 4.88. The Morgan fingerprint density at radius 1 is 1.47 bits per heavy atom. The molecule has 2 rings (SSSR count). The van der Waals surface area contributed by atoms with E-state index in [1.165, 1.54) is 0 Å². The molecule has 0 aromatic carbocycles. The van der Waals surface area contributed by atoms with Crippen molar-refractivity contribution in [2.24, 2.45) is 5.73 Å². The van der Waals surface area contributed by atoms with E-state index in [1.54, 1.807) is 0 Å². The zero-order chi connectivity index (χ0) is 12.6. The van der Waals surface area contributed by atoms with Crippen molar-refractivity contribution >= 4 is 5.97 Å². The normalized spacial score (nSPS) is 16.9. The Labute approximate surface area is 101 Å². The summed E-state index contributed by atoms with van der Waals surface area (Å²) in [5, 5.41) is 9.01. The molecule has 0 aliphatic carbocycles. The van der Waals surface area contributed by atoms with E-state index in [9.17, 15) is 4.79 Å². The molecule has 0 amide bonds. The minimum Gasteiger partial charge on any atom is -0.480 e. The number of hydrogen-bond donors (Lipinski definition) is 2. The first-order valence-corrected chi connectivity index (χ1v) is 6.10. The summed E-state index contributed by atoms with van der Waals surface area (Å²) in [5.41, 5.74) is 7.28. The first kappa shape index (κ1) is 12.1. The van der Waals surface area contributed by atoms with Crippen molar-refractivity contribution in [3.8, 4) is 0 Å². The van der Waals surface area contributed by atoms with Crippen molar-refractivity contribution in [3.63, 3.8) is 0 Å². The topological polar surface area (TPSA) is 81.1 Å². The molecule has 1 aromatic heterocycles. The monoisotopic (exact) mass is 237 g/mol. The number of carboxylic acid groups (broad SMARTS) is 1. The molecule has 1 aliphatic rings. The van der Waals surface area contributed by atoms with Gasteiger partial charge in [-0.2, -0.15) is 0 Å². The largest absolute Gasteiger partial charge is 0.480 e. The molecule has 1 aliphatic heterocycles. The molecule has 2 heterocycles. The number of carbonyl (C=O) groups is 1. The molecular weight excluding hydrogens is 218 g/mol. The number of rotatable bonds is 3. The number of imidazole rings is 1. The van der Waals surface area contributed by atoms with Gasteiger partial charge in [-0.05, 0) is 19.3 Å². The molecule has 0 bridgehead atoms. The van der Waals surface area contributed by atoms with E-state index in [1.807, 2.05) is 0 Å². The molecule has 0 spiro atoms. The summed E-state index contributed by atoms with van der Waals surface area (Å²) in [6, 6.07) is -0.998. The average molecular weight is 237 g/mol. The van der Waals surface area contributed by atoms with Crippen LogP contribution >= 0.6 is 0 Å². The number of aromatic nitrogens is 2. The third-order valence-corrected chi connectivity index (χ3v) is 3.26. The highest BCUT2D eigenvalue weighted by Gasteiger charge is 2.27. The Morgan fingerprint density at radius 2 is 2.18 bits per heavy atom. The van der Waals surface area contributed by atoms with E-state index in [2.05, 4.69) is 23.4 Å². The van der Waals surface area contributed by atoms with Crippen molar-refractivity contribution in [1.29, 1.82) is 0 Å². The van der Waals surface area contributed by atoms with Gasteiger partial charge < -0.3 is 15.4 Å². The summed E-state index contributed by atoms with van der Waals surface area (Å²) in [6.07, 6.45) is 3.10. The molecule has 0 radical (unpaired) electrons. The molecule has 1 aromatic rings. The van der Waals surface area contributed by atoms with Crippen molar-refractivity contribution in [2.45, 2.75) is 51.6 Å². The van der Waals surface area contributed by atoms with Crippen molar-refractivity contribution in [1.82, 2.24) is 9.55 Å². The summed E-state index contributed by atoms with van der Waals surface area (Å²) in [5.74, 6) is 0.250. The Morgan fingerprint density at radius 3 is 2.76 bits per heavy atom. The van der Waals surface area contributed by atoms with Crippen LogP contribution in [0.25, 0.3) is 0 Å². The Kier molecular flexibility index (Phi) is 3.19. The fraction of sp³-hybridized carbons (Fsp3) is 0.667. The van der Waals surface area contributed by atoms with Crippen LogP contribution in [0.2, 0.25) is 0 Å². The lowest BCUT2D eigenvalue weighted by atomic mass is 10.0. The molecule has 1 unspecified atom stereocenters. The summed E-state index contributed by atoms with van der Waals surface area (Å²) in [6.45, 7) is 5.07. The minimum atomic E-state index is -1.01. The number of nitrogens with two attached hydrogens (primary N) is 1. The van der Waals surface area contributed by atoms with Crippen LogP contribution in [-0.4, -0.2) is 20.6 Å². The predicted molar refractivity (Wildman–Crippen MR) is 63.8 cm³/mol. The summed E-state index contributed by atoms with van der Waals surface area (Å²) in [7, 11) is 0. The second kappa shape index (κ2) is 4.49. The predicted octanol–water partition coefficient (Wildman–Crippen LogP) is 1.43. The number of nitrogens with zero attached hydrogens (tertiary/aromatic N) is 2. The molecule has 1 atom stereocenters. The quantitative estimate of drug-likeness (QED) is 0.833. The lowest BCUT2D eigenvalue weighted by molar-refractivity contribution is -0.138. The van der Waals surface area contributed by atoms with Crippen LogP contribution < -0.4 is 5.73 Å². The molecular formula is C12H19N3O2. The van der Waals surface area contributed by atoms with E-state index in [0.717, 1.165) is 37.3 Å². The number of hydrogen-bond acceptors (Lipinski definition) is 3. The van der Waals surface area contributed by atoms with Gasteiger partial charge in [0.2, 0.25) is 0 Å². The molecule has 0 saturated carbocycles. The van der Waals surface area contributed by atoms with Crippen molar-refractivity contribution in [3.05, 3.63) is 17.2 Å². The Hall–Kier alpha value is -1.36. The van der Waals surface area contributed by atoms with Gasteiger partial charge in [0.05, 0.1) is 5.69 Å². The molecule has 5 nitrogen and oxygen atoms in total. The highest BCUT2D eigenvalue weighted by atomic mass is 16.4. The van der Waals surface area contributed by atoms with Crippen LogP contribution in [-0.2, 0) is 17.8 Å². The molecule has 3 N–H and O–H groups in total. The van der Waals surface area contributed by atoms with Crippen LogP contribution in [0.5, 0.6) is 0 Å². The fourth-order valence-electron chi connectivity index (χ4n) is 2.41. The van der Waals surface area contributed by atoms with Crippen molar-refractivity contribution < 1.29 is 9.90 Å².